The van der Waals surface area contributed by atoms with Crippen LogP contribution in [0.4, 0.5) is 0 Å². The van der Waals surface area contributed by atoms with E-state index in [1.54, 1.807) is 0 Å². The third-order valence-electron chi connectivity index (χ3n) is 2.28. The summed E-state index contributed by atoms with van der Waals surface area (Å²) in [5.74, 6) is 0.146. The first kappa shape index (κ1) is 9.52. The van der Waals surface area contributed by atoms with Gasteiger partial charge in [0.25, 0.3) is 0 Å². The molecule has 0 aliphatic heterocycles. The van der Waals surface area contributed by atoms with Gasteiger partial charge in [0.2, 0.25) is 0 Å². The van der Waals surface area contributed by atoms with Crippen molar-refractivity contribution in [1.29, 1.82) is 0 Å². The van der Waals surface area contributed by atoms with Crippen molar-refractivity contribution in [2.24, 2.45) is 5.92 Å². The minimum absolute atomic E-state index is 0.181. The van der Waals surface area contributed by atoms with Crippen LogP contribution in [0.25, 0.3) is 0 Å². The summed E-state index contributed by atoms with van der Waals surface area (Å²) < 4.78 is 4.88. The highest BCUT2D eigenvalue weighted by molar-refractivity contribution is 5.65. The van der Waals surface area contributed by atoms with Crippen molar-refractivity contribution < 1.29 is 14.6 Å². The molecular formula is C9H16O3. The maximum atomic E-state index is 10.5. The molecule has 0 aromatic rings. The molecule has 0 aromatic heterocycles. The summed E-state index contributed by atoms with van der Waals surface area (Å²) in [5, 5.41) is 9.30. The number of hydrogen-bond donors (Lipinski definition) is 1. The Morgan fingerprint density at radius 2 is 2.33 bits per heavy atom. The second-order valence-corrected chi connectivity index (χ2v) is 3.49. The van der Waals surface area contributed by atoms with Crippen LogP contribution in [-0.2, 0) is 9.53 Å². The van der Waals surface area contributed by atoms with Crippen LogP contribution in [0.5, 0.6) is 0 Å². The molecule has 0 spiro atoms. The Hall–Kier alpha value is -0.570. The van der Waals surface area contributed by atoms with Crippen molar-refractivity contribution in [2.75, 3.05) is 6.61 Å². The molecule has 2 atom stereocenters. The maximum absolute atomic E-state index is 10.5. The number of carbonyl (C=O) groups is 1. The van der Waals surface area contributed by atoms with Gasteiger partial charge in [-0.25, -0.2) is 0 Å². The van der Waals surface area contributed by atoms with Crippen molar-refractivity contribution >= 4 is 5.97 Å². The molecule has 0 radical (unpaired) electrons. The lowest BCUT2D eigenvalue weighted by Crippen LogP contribution is -2.23. The van der Waals surface area contributed by atoms with Crippen molar-refractivity contribution in [1.82, 2.24) is 0 Å². The van der Waals surface area contributed by atoms with E-state index in [2.05, 4.69) is 0 Å². The van der Waals surface area contributed by atoms with E-state index in [9.17, 15) is 9.90 Å². The lowest BCUT2D eigenvalue weighted by atomic mass is 9.88. The van der Waals surface area contributed by atoms with E-state index in [-0.39, 0.29) is 12.1 Å². The van der Waals surface area contributed by atoms with Gasteiger partial charge < -0.3 is 9.84 Å². The quantitative estimate of drug-likeness (QED) is 0.634. The monoisotopic (exact) mass is 172 g/mol. The number of esters is 1. The van der Waals surface area contributed by atoms with Gasteiger partial charge in [-0.05, 0) is 25.2 Å². The van der Waals surface area contributed by atoms with Gasteiger partial charge in [0.05, 0.1) is 12.7 Å². The lowest BCUT2D eigenvalue weighted by molar-refractivity contribution is -0.143. The molecule has 3 nitrogen and oxygen atoms in total. The van der Waals surface area contributed by atoms with Crippen LogP contribution in [0.3, 0.4) is 0 Å². The molecule has 0 saturated heterocycles. The molecule has 1 rings (SSSR count). The van der Waals surface area contributed by atoms with Crippen LogP contribution < -0.4 is 0 Å². The third kappa shape index (κ3) is 3.22. The van der Waals surface area contributed by atoms with Gasteiger partial charge in [-0.15, -0.1) is 0 Å². The number of hydrogen-bond acceptors (Lipinski definition) is 3. The highest BCUT2D eigenvalue weighted by atomic mass is 16.5. The third-order valence-corrected chi connectivity index (χ3v) is 2.28. The van der Waals surface area contributed by atoms with Crippen LogP contribution >= 0.6 is 0 Å². The van der Waals surface area contributed by atoms with Gasteiger partial charge in [0, 0.05) is 6.92 Å². The fourth-order valence-corrected chi connectivity index (χ4v) is 1.65. The Morgan fingerprint density at radius 3 is 2.92 bits per heavy atom. The van der Waals surface area contributed by atoms with E-state index < -0.39 is 0 Å². The number of ether oxygens (including phenoxy) is 1. The molecular weight excluding hydrogens is 156 g/mol. The molecule has 0 bridgehead atoms. The largest absolute Gasteiger partial charge is 0.466 e. The fourth-order valence-electron chi connectivity index (χ4n) is 1.65. The van der Waals surface area contributed by atoms with Crippen molar-refractivity contribution in [2.45, 2.75) is 38.7 Å². The van der Waals surface area contributed by atoms with Crippen LogP contribution in [0.15, 0.2) is 0 Å². The van der Waals surface area contributed by atoms with Gasteiger partial charge in [0.15, 0.2) is 0 Å². The van der Waals surface area contributed by atoms with E-state index in [4.69, 9.17) is 4.74 Å². The highest BCUT2D eigenvalue weighted by Gasteiger charge is 2.20. The van der Waals surface area contributed by atoms with Gasteiger partial charge in [0.1, 0.15) is 0 Å². The van der Waals surface area contributed by atoms with Crippen LogP contribution in [0.1, 0.15) is 32.6 Å². The van der Waals surface area contributed by atoms with E-state index in [1.165, 1.54) is 6.92 Å². The normalized spacial score (nSPS) is 29.8. The summed E-state index contributed by atoms with van der Waals surface area (Å²) in [6.45, 7) is 1.89. The van der Waals surface area contributed by atoms with Crippen molar-refractivity contribution in [3.63, 3.8) is 0 Å². The average molecular weight is 172 g/mol. The summed E-state index contributed by atoms with van der Waals surface area (Å²) in [6.07, 6.45) is 3.63. The Kier molecular flexibility index (Phi) is 3.53. The Bertz CT molecular complexity index is 156. The summed E-state index contributed by atoms with van der Waals surface area (Å²) in [5.41, 5.74) is 0. The second-order valence-electron chi connectivity index (χ2n) is 3.49. The topological polar surface area (TPSA) is 46.5 Å². The molecule has 1 fully saturated rings. The zero-order valence-corrected chi connectivity index (χ0v) is 7.45. The maximum Gasteiger partial charge on any atom is 0.302 e. The molecule has 2 unspecified atom stereocenters. The first-order valence-corrected chi connectivity index (χ1v) is 4.50. The molecule has 70 valence electrons. The minimum atomic E-state index is -0.227. The van der Waals surface area contributed by atoms with Gasteiger partial charge in [-0.1, -0.05) is 6.42 Å². The molecule has 3 heteroatoms. The number of carbonyl (C=O) groups excluding carboxylic acids is 1. The first-order chi connectivity index (χ1) is 5.68. The van der Waals surface area contributed by atoms with E-state index in [0.29, 0.717) is 12.5 Å². The van der Waals surface area contributed by atoms with Crippen LogP contribution in [0, 0.1) is 5.92 Å². The van der Waals surface area contributed by atoms with E-state index in [1.807, 2.05) is 0 Å². The summed E-state index contributed by atoms with van der Waals surface area (Å²) in [6, 6.07) is 0. The minimum Gasteiger partial charge on any atom is -0.466 e. The zero-order chi connectivity index (χ0) is 8.97. The Morgan fingerprint density at radius 1 is 1.58 bits per heavy atom. The van der Waals surface area contributed by atoms with E-state index >= 15 is 0 Å². The molecule has 12 heavy (non-hydrogen) atoms. The number of aliphatic hydroxyl groups excluding tert-OH is 1. The SMILES string of the molecule is CC(=O)OCC1CCCC(O)C1. The van der Waals surface area contributed by atoms with Crippen LogP contribution in [0.2, 0.25) is 0 Å². The first-order valence-electron chi connectivity index (χ1n) is 4.50. The van der Waals surface area contributed by atoms with Crippen molar-refractivity contribution in [3.05, 3.63) is 0 Å². The molecule has 0 heterocycles. The fraction of sp³-hybridized carbons (Fsp3) is 0.889. The molecule has 1 saturated carbocycles. The molecule has 1 N–H and O–H groups in total. The Balaban J connectivity index is 2.18. The summed E-state index contributed by atoms with van der Waals surface area (Å²) >= 11 is 0. The second kappa shape index (κ2) is 4.45. The summed E-state index contributed by atoms with van der Waals surface area (Å²) in [4.78, 5) is 10.5. The standard InChI is InChI=1S/C9H16O3/c1-7(10)12-6-8-3-2-4-9(11)5-8/h8-9,11H,2-6H2,1H3. The van der Waals surface area contributed by atoms with E-state index in [0.717, 1.165) is 25.7 Å². The molecule has 0 amide bonds. The highest BCUT2D eigenvalue weighted by Crippen LogP contribution is 2.24. The molecule has 1 aliphatic rings. The van der Waals surface area contributed by atoms with Gasteiger partial charge in [-0.3, -0.25) is 4.79 Å². The summed E-state index contributed by atoms with van der Waals surface area (Å²) in [7, 11) is 0. The number of aliphatic hydroxyl groups is 1. The smallest absolute Gasteiger partial charge is 0.302 e. The Labute approximate surface area is 72.7 Å². The molecule has 1 aliphatic carbocycles. The molecule has 0 aromatic carbocycles. The average Bonchev–Trinajstić information content (AvgIpc) is 2.01. The van der Waals surface area contributed by atoms with Crippen molar-refractivity contribution in [3.8, 4) is 0 Å². The van der Waals surface area contributed by atoms with Gasteiger partial charge in [-0.2, -0.15) is 0 Å². The number of rotatable bonds is 2. The zero-order valence-electron chi connectivity index (χ0n) is 7.45. The predicted molar refractivity (Wildman–Crippen MR) is 44.6 cm³/mol. The van der Waals surface area contributed by atoms with Crippen LogP contribution in [-0.4, -0.2) is 23.8 Å². The predicted octanol–water partition coefficient (Wildman–Crippen LogP) is 1.10. The lowest BCUT2D eigenvalue weighted by Gasteiger charge is -2.24. The van der Waals surface area contributed by atoms with Gasteiger partial charge >= 0.3 is 5.97 Å².